The number of rotatable bonds is 7. The van der Waals surface area contributed by atoms with Gasteiger partial charge in [0, 0.05) is 6.42 Å². The van der Waals surface area contributed by atoms with Crippen molar-refractivity contribution in [3.8, 4) is 17.0 Å². The highest BCUT2D eigenvalue weighted by molar-refractivity contribution is 5.89. The van der Waals surface area contributed by atoms with Gasteiger partial charge in [-0.3, -0.25) is 10.1 Å². The smallest absolute Gasteiger partial charge is 0.406 e. The topological polar surface area (TPSA) is 70.2 Å². The number of amides is 1. The van der Waals surface area contributed by atoms with E-state index in [1.165, 1.54) is 49.7 Å². The Bertz CT molecular complexity index is 768. The fourth-order valence-corrected chi connectivity index (χ4v) is 3.21. The molecule has 1 aromatic heterocycles. The van der Waals surface area contributed by atoms with E-state index in [0.29, 0.717) is 23.6 Å². The highest BCUT2D eigenvalue weighted by Gasteiger charge is 2.31. The van der Waals surface area contributed by atoms with Crippen LogP contribution in [0, 0.1) is 0 Å². The quantitative estimate of drug-likeness (QED) is 0.737. The molecule has 1 fully saturated rings. The summed E-state index contributed by atoms with van der Waals surface area (Å²) in [6.45, 7) is 3.13. The molecule has 2 heterocycles. The molecule has 0 radical (unpaired) electrons. The lowest BCUT2D eigenvalue weighted by Gasteiger charge is -2.26. The van der Waals surface area contributed by atoms with E-state index in [4.69, 9.17) is 0 Å². The first-order valence-electron chi connectivity index (χ1n) is 9.32. The van der Waals surface area contributed by atoms with Gasteiger partial charge in [-0.2, -0.15) is 0 Å². The second kappa shape index (κ2) is 9.09. The maximum atomic E-state index is 12.2. The number of ether oxygens (including phenoxy) is 1. The Balaban J connectivity index is 1.47. The van der Waals surface area contributed by atoms with Crippen LogP contribution in [0.15, 0.2) is 30.5 Å². The number of carbonyl (C=O) groups is 1. The number of nitrogens with zero attached hydrogens (tertiary/aromatic N) is 2. The van der Waals surface area contributed by atoms with Crippen LogP contribution in [0.5, 0.6) is 5.75 Å². The van der Waals surface area contributed by atoms with Gasteiger partial charge in [-0.05, 0) is 68.7 Å². The summed E-state index contributed by atoms with van der Waals surface area (Å²) in [5, 5.41) is 2.71. The van der Waals surface area contributed by atoms with Crippen molar-refractivity contribution in [2.45, 2.75) is 38.5 Å². The number of aromatic amines is 1. The molecule has 1 aromatic carbocycles. The second-order valence-electron chi connectivity index (χ2n) is 6.77. The number of hydrogen-bond donors (Lipinski definition) is 2. The van der Waals surface area contributed by atoms with E-state index in [1.54, 1.807) is 0 Å². The van der Waals surface area contributed by atoms with Gasteiger partial charge in [-0.1, -0.05) is 6.42 Å². The Morgan fingerprint density at radius 1 is 1.18 bits per heavy atom. The first kappa shape index (κ1) is 20.2. The first-order valence-corrected chi connectivity index (χ1v) is 9.32. The molecule has 1 aliphatic rings. The average molecular weight is 396 g/mol. The lowest BCUT2D eigenvalue weighted by atomic mass is 10.1. The number of halogens is 3. The predicted molar refractivity (Wildman–Crippen MR) is 98.9 cm³/mol. The van der Waals surface area contributed by atoms with E-state index < -0.39 is 6.36 Å². The van der Waals surface area contributed by atoms with Crippen LogP contribution in [0.25, 0.3) is 11.3 Å². The Hall–Kier alpha value is -2.55. The number of benzene rings is 1. The van der Waals surface area contributed by atoms with E-state index in [-0.39, 0.29) is 11.7 Å². The molecule has 28 heavy (non-hydrogen) atoms. The van der Waals surface area contributed by atoms with Gasteiger partial charge in [0.05, 0.1) is 11.9 Å². The highest BCUT2D eigenvalue weighted by Crippen LogP contribution is 2.26. The number of alkyl halides is 3. The summed E-state index contributed by atoms with van der Waals surface area (Å²) in [7, 11) is 0. The van der Waals surface area contributed by atoms with Crippen LogP contribution in [0.3, 0.4) is 0 Å². The van der Waals surface area contributed by atoms with Crippen molar-refractivity contribution in [3.63, 3.8) is 0 Å². The van der Waals surface area contributed by atoms with Gasteiger partial charge in [-0.25, -0.2) is 4.98 Å². The van der Waals surface area contributed by atoms with E-state index >= 15 is 0 Å². The monoisotopic (exact) mass is 396 g/mol. The summed E-state index contributed by atoms with van der Waals surface area (Å²) in [6, 6.07) is 5.42. The molecule has 1 aliphatic heterocycles. The molecule has 1 amide bonds. The van der Waals surface area contributed by atoms with Crippen molar-refractivity contribution in [1.82, 2.24) is 14.9 Å². The number of anilines is 1. The summed E-state index contributed by atoms with van der Waals surface area (Å²) < 4.78 is 40.5. The average Bonchev–Trinajstić information content (AvgIpc) is 3.10. The minimum Gasteiger partial charge on any atom is -0.406 e. The fourth-order valence-electron chi connectivity index (χ4n) is 3.21. The number of likely N-dealkylation sites (tertiary alicyclic amines) is 1. The van der Waals surface area contributed by atoms with E-state index in [0.717, 1.165) is 26.1 Å². The largest absolute Gasteiger partial charge is 0.573 e. The zero-order chi connectivity index (χ0) is 20.0. The zero-order valence-electron chi connectivity index (χ0n) is 15.4. The SMILES string of the molecule is O=C(CCCN1CCCCC1)Nc1ncc(-c2ccc(OC(F)(F)F)cc2)[nH]1. The number of carbonyl (C=O) groups excluding carboxylic acids is 1. The van der Waals surface area contributed by atoms with Crippen LogP contribution in [-0.2, 0) is 4.79 Å². The summed E-state index contributed by atoms with van der Waals surface area (Å²) in [5.74, 6) is -0.0987. The van der Waals surface area contributed by atoms with Crippen LogP contribution in [0.4, 0.5) is 19.1 Å². The minimum atomic E-state index is -4.72. The molecule has 3 rings (SSSR count). The molecule has 0 aliphatic carbocycles. The molecule has 9 heteroatoms. The second-order valence-corrected chi connectivity index (χ2v) is 6.77. The normalized spacial score (nSPS) is 15.4. The Morgan fingerprint density at radius 2 is 1.89 bits per heavy atom. The third-order valence-corrected chi connectivity index (χ3v) is 4.56. The van der Waals surface area contributed by atoms with Crippen LogP contribution in [0.2, 0.25) is 0 Å². The number of nitrogens with one attached hydrogen (secondary N) is 2. The van der Waals surface area contributed by atoms with E-state index in [9.17, 15) is 18.0 Å². The number of piperidine rings is 1. The molecule has 0 spiro atoms. The lowest BCUT2D eigenvalue weighted by Crippen LogP contribution is -2.31. The molecular weight excluding hydrogens is 373 g/mol. The molecule has 6 nitrogen and oxygen atoms in total. The van der Waals surface area contributed by atoms with Crippen molar-refractivity contribution in [1.29, 1.82) is 0 Å². The summed E-state index contributed by atoms with van der Waals surface area (Å²) >= 11 is 0. The molecule has 1 saturated heterocycles. The lowest BCUT2D eigenvalue weighted by molar-refractivity contribution is -0.274. The molecule has 0 saturated carbocycles. The Morgan fingerprint density at radius 3 is 2.57 bits per heavy atom. The standard InChI is InChI=1S/C19H23F3N4O2/c20-19(21,22)28-15-8-6-14(7-9-15)16-13-23-18(24-16)25-17(27)5-4-12-26-10-2-1-3-11-26/h6-9,13H,1-5,10-12H2,(H2,23,24,25,27). The van der Waals surface area contributed by atoms with Crippen LogP contribution < -0.4 is 10.1 Å². The molecule has 2 N–H and O–H groups in total. The maximum absolute atomic E-state index is 12.2. The maximum Gasteiger partial charge on any atom is 0.573 e. The molecule has 0 unspecified atom stereocenters. The van der Waals surface area contributed by atoms with Crippen molar-refractivity contribution < 1.29 is 22.7 Å². The van der Waals surface area contributed by atoms with E-state index in [1.807, 2.05) is 0 Å². The van der Waals surface area contributed by atoms with Gasteiger partial charge in [0.15, 0.2) is 0 Å². The van der Waals surface area contributed by atoms with Crippen molar-refractivity contribution in [2.24, 2.45) is 0 Å². The highest BCUT2D eigenvalue weighted by atomic mass is 19.4. The third kappa shape index (κ3) is 6.26. The van der Waals surface area contributed by atoms with Crippen molar-refractivity contribution in [3.05, 3.63) is 30.5 Å². The molecule has 0 atom stereocenters. The molecular formula is C19H23F3N4O2. The van der Waals surface area contributed by atoms with Crippen molar-refractivity contribution in [2.75, 3.05) is 25.0 Å². The summed E-state index contributed by atoms with van der Waals surface area (Å²) in [4.78, 5) is 21.5. The van der Waals surface area contributed by atoms with Crippen LogP contribution in [0.1, 0.15) is 32.1 Å². The molecule has 2 aromatic rings. The molecule has 152 valence electrons. The van der Waals surface area contributed by atoms with Gasteiger partial charge >= 0.3 is 6.36 Å². The van der Waals surface area contributed by atoms with Crippen LogP contribution in [-0.4, -0.2) is 46.8 Å². The summed E-state index contributed by atoms with van der Waals surface area (Å²) in [5.41, 5.74) is 1.22. The zero-order valence-corrected chi connectivity index (χ0v) is 15.4. The number of aromatic nitrogens is 2. The Labute approximate surface area is 161 Å². The van der Waals surface area contributed by atoms with Gasteiger partial charge in [-0.15, -0.1) is 13.2 Å². The third-order valence-electron chi connectivity index (χ3n) is 4.56. The number of hydrogen-bond acceptors (Lipinski definition) is 4. The van der Waals surface area contributed by atoms with Crippen LogP contribution >= 0.6 is 0 Å². The minimum absolute atomic E-state index is 0.119. The van der Waals surface area contributed by atoms with Gasteiger partial charge in [0.25, 0.3) is 0 Å². The van der Waals surface area contributed by atoms with Crippen molar-refractivity contribution >= 4 is 11.9 Å². The van der Waals surface area contributed by atoms with Gasteiger partial charge in [0.1, 0.15) is 5.75 Å². The number of H-pyrrole nitrogens is 1. The van der Waals surface area contributed by atoms with E-state index in [2.05, 4.69) is 24.9 Å². The predicted octanol–water partition coefficient (Wildman–Crippen LogP) is 4.18. The van der Waals surface area contributed by atoms with Gasteiger partial charge < -0.3 is 14.6 Å². The first-order chi connectivity index (χ1) is 13.4. The fraction of sp³-hybridized carbons (Fsp3) is 0.474. The van der Waals surface area contributed by atoms with Gasteiger partial charge in [0.2, 0.25) is 11.9 Å². The number of imidazole rings is 1. The summed E-state index contributed by atoms with van der Waals surface area (Å²) in [6.07, 6.45) is 1.74. The Kier molecular flexibility index (Phi) is 6.56. The molecule has 0 bridgehead atoms.